The average Bonchev–Trinajstić information content (AvgIpc) is 2.47. The third-order valence-electron chi connectivity index (χ3n) is 3.36. The van der Waals surface area contributed by atoms with Gasteiger partial charge < -0.3 is 10.1 Å². The minimum Gasteiger partial charge on any atom is -0.383 e. The first-order chi connectivity index (χ1) is 9.70. The zero-order valence-electron chi connectivity index (χ0n) is 12.3. The lowest BCUT2D eigenvalue weighted by molar-refractivity contribution is 0.199. The highest BCUT2D eigenvalue weighted by molar-refractivity contribution is 8.07. The molecule has 1 aromatic heterocycles. The zero-order chi connectivity index (χ0) is 14.4. The molecule has 0 aromatic carbocycles. The summed E-state index contributed by atoms with van der Waals surface area (Å²) in [5.74, 6) is 2.09. The summed E-state index contributed by atoms with van der Waals surface area (Å²) in [6.45, 7) is 6.94. The van der Waals surface area contributed by atoms with E-state index in [9.17, 15) is 0 Å². The molecule has 0 bridgehead atoms. The lowest BCUT2D eigenvalue weighted by Crippen LogP contribution is -2.24. The maximum Gasteiger partial charge on any atom is 0.142 e. The fraction of sp³-hybridized carbons (Fsp3) is 0.714. The van der Waals surface area contributed by atoms with Gasteiger partial charge in [-0.1, -0.05) is 13.8 Å². The molecule has 1 aromatic rings. The van der Waals surface area contributed by atoms with Crippen molar-refractivity contribution in [1.82, 2.24) is 15.3 Å². The maximum absolute atomic E-state index is 5.02. The Bertz CT molecular complexity index is 419. The summed E-state index contributed by atoms with van der Waals surface area (Å²) >= 11 is 4.03. The number of hydrogen-bond acceptors (Lipinski definition) is 6. The molecule has 0 radical (unpaired) electrons. The van der Waals surface area contributed by atoms with E-state index in [2.05, 4.69) is 24.1 Å². The summed E-state index contributed by atoms with van der Waals surface area (Å²) < 4.78 is 5.02. The summed E-state index contributed by atoms with van der Waals surface area (Å²) in [5.41, 5.74) is 1.06. The van der Waals surface area contributed by atoms with Crippen molar-refractivity contribution >= 4 is 23.5 Å². The van der Waals surface area contributed by atoms with E-state index in [1.54, 1.807) is 7.11 Å². The number of ether oxygens (including phenoxy) is 1. The van der Waals surface area contributed by atoms with Crippen molar-refractivity contribution in [2.45, 2.75) is 36.1 Å². The van der Waals surface area contributed by atoms with Crippen LogP contribution in [-0.2, 0) is 11.3 Å². The fourth-order valence-electron chi connectivity index (χ4n) is 1.98. The smallest absolute Gasteiger partial charge is 0.142 e. The highest BCUT2D eigenvalue weighted by atomic mass is 32.2. The van der Waals surface area contributed by atoms with E-state index in [0.29, 0.717) is 10.5 Å². The average molecular weight is 313 g/mol. The first kappa shape index (κ1) is 16.1. The van der Waals surface area contributed by atoms with Gasteiger partial charge in [0.25, 0.3) is 0 Å². The summed E-state index contributed by atoms with van der Waals surface area (Å²) in [5, 5.41) is 5.12. The van der Waals surface area contributed by atoms with Crippen LogP contribution in [0.2, 0.25) is 0 Å². The highest BCUT2D eigenvalue weighted by Crippen LogP contribution is 2.43. The SMILES string of the molecule is COCCNCc1ccnc(C2CSC(C)C(C)S2)n1. The van der Waals surface area contributed by atoms with Crippen LogP contribution in [0.5, 0.6) is 0 Å². The van der Waals surface area contributed by atoms with Gasteiger partial charge in [0.05, 0.1) is 17.6 Å². The highest BCUT2D eigenvalue weighted by Gasteiger charge is 2.28. The van der Waals surface area contributed by atoms with Crippen LogP contribution in [0, 0.1) is 0 Å². The van der Waals surface area contributed by atoms with Crippen LogP contribution in [0.25, 0.3) is 0 Å². The van der Waals surface area contributed by atoms with Gasteiger partial charge >= 0.3 is 0 Å². The molecule has 1 saturated heterocycles. The van der Waals surface area contributed by atoms with Crippen molar-refractivity contribution in [3.63, 3.8) is 0 Å². The van der Waals surface area contributed by atoms with Crippen LogP contribution < -0.4 is 5.32 Å². The molecule has 1 aliphatic rings. The summed E-state index contributed by atoms with van der Waals surface area (Å²) in [6, 6.07) is 1.98. The Morgan fingerprint density at radius 1 is 1.40 bits per heavy atom. The minimum atomic E-state index is 0.421. The van der Waals surface area contributed by atoms with Gasteiger partial charge in [-0.2, -0.15) is 11.8 Å². The van der Waals surface area contributed by atoms with E-state index >= 15 is 0 Å². The Hall–Kier alpha value is -0.300. The predicted octanol–water partition coefficient (Wildman–Crippen LogP) is 2.51. The molecule has 1 fully saturated rings. The number of methoxy groups -OCH3 is 1. The van der Waals surface area contributed by atoms with Gasteiger partial charge in [0.1, 0.15) is 5.82 Å². The van der Waals surface area contributed by atoms with Gasteiger partial charge in [0, 0.05) is 42.6 Å². The third-order valence-corrected chi connectivity index (χ3v) is 6.75. The van der Waals surface area contributed by atoms with Crippen LogP contribution in [0.1, 0.15) is 30.6 Å². The van der Waals surface area contributed by atoms with Crippen LogP contribution in [0.15, 0.2) is 12.3 Å². The summed E-state index contributed by atoms with van der Waals surface area (Å²) in [6.07, 6.45) is 1.88. The van der Waals surface area contributed by atoms with Crippen LogP contribution in [0.3, 0.4) is 0 Å². The second-order valence-corrected chi connectivity index (χ2v) is 7.94. The molecule has 0 spiro atoms. The molecule has 20 heavy (non-hydrogen) atoms. The number of nitrogens with one attached hydrogen (secondary N) is 1. The Balaban J connectivity index is 1.92. The monoisotopic (exact) mass is 313 g/mol. The largest absolute Gasteiger partial charge is 0.383 e. The summed E-state index contributed by atoms with van der Waals surface area (Å²) in [7, 11) is 1.71. The molecule has 3 unspecified atom stereocenters. The summed E-state index contributed by atoms with van der Waals surface area (Å²) in [4.78, 5) is 9.17. The fourth-order valence-corrected chi connectivity index (χ4v) is 4.83. The molecule has 3 atom stereocenters. The molecule has 1 aliphatic heterocycles. The molecule has 4 nitrogen and oxygen atoms in total. The van der Waals surface area contributed by atoms with E-state index in [1.807, 2.05) is 35.8 Å². The van der Waals surface area contributed by atoms with Gasteiger partial charge in [0.15, 0.2) is 0 Å². The van der Waals surface area contributed by atoms with E-state index in [4.69, 9.17) is 9.72 Å². The van der Waals surface area contributed by atoms with Gasteiger partial charge in [-0.05, 0) is 6.07 Å². The quantitative estimate of drug-likeness (QED) is 0.814. The van der Waals surface area contributed by atoms with Crippen LogP contribution >= 0.6 is 23.5 Å². The predicted molar refractivity (Wildman–Crippen MR) is 87.3 cm³/mol. The van der Waals surface area contributed by atoms with Gasteiger partial charge in [0.2, 0.25) is 0 Å². The molecular weight excluding hydrogens is 290 g/mol. The van der Waals surface area contributed by atoms with Crippen molar-refractivity contribution in [2.24, 2.45) is 0 Å². The van der Waals surface area contributed by atoms with Crippen molar-refractivity contribution in [2.75, 3.05) is 26.0 Å². The van der Waals surface area contributed by atoms with Crippen molar-refractivity contribution in [3.05, 3.63) is 23.8 Å². The van der Waals surface area contributed by atoms with E-state index in [1.165, 1.54) is 0 Å². The molecule has 2 rings (SSSR count). The Kier molecular flexibility index (Phi) is 6.61. The third kappa shape index (κ3) is 4.62. The number of thioether (sulfide) groups is 2. The Morgan fingerprint density at radius 2 is 2.25 bits per heavy atom. The lowest BCUT2D eigenvalue weighted by atomic mass is 10.3. The minimum absolute atomic E-state index is 0.421. The zero-order valence-corrected chi connectivity index (χ0v) is 14.0. The Labute approximate surface area is 129 Å². The van der Waals surface area contributed by atoms with Crippen molar-refractivity contribution < 1.29 is 4.74 Å². The van der Waals surface area contributed by atoms with E-state index in [0.717, 1.165) is 42.2 Å². The van der Waals surface area contributed by atoms with Gasteiger partial charge in [-0.15, -0.1) is 11.8 Å². The number of hydrogen-bond donors (Lipinski definition) is 1. The maximum atomic E-state index is 5.02. The number of aromatic nitrogens is 2. The molecule has 0 aliphatic carbocycles. The Morgan fingerprint density at radius 3 is 3.00 bits per heavy atom. The molecule has 6 heteroatoms. The first-order valence-corrected chi connectivity index (χ1v) is 8.98. The van der Waals surface area contributed by atoms with Gasteiger partial charge in [-0.3, -0.25) is 0 Å². The first-order valence-electron chi connectivity index (χ1n) is 6.99. The molecule has 112 valence electrons. The van der Waals surface area contributed by atoms with Crippen molar-refractivity contribution in [1.29, 1.82) is 0 Å². The lowest BCUT2D eigenvalue weighted by Gasteiger charge is -2.30. The molecule has 0 amide bonds. The van der Waals surface area contributed by atoms with E-state index < -0.39 is 0 Å². The van der Waals surface area contributed by atoms with Crippen LogP contribution in [-0.4, -0.2) is 46.5 Å². The second-order valence-electron chi connectivity index (χ2n) is 4.94. The normalized spacial score (nSPS) is 26.6. The second kappa shape index (κ2) is 8.22. The topological polar surface area (TPSA) is 47.0 Å². The van der Waals surface area contributed by atoms with Crippen LogP contribution in [0.4, 0.5) is 0 Å². The van der Waals surface area contributed by atoms with Crippen molar-refractivity contribution in [3.8, 4) is 0 Å². The van der Waals surface area contributed by atoms with E-state index in [-0.39, 0.29) is 0 Å². The molecule has 2 heterocycles. The molecule has 1 N–H and O–H groups in total. The number of rotatable bonds is 6. The number of nitrogens with zero attached hydrogens (tertiary/aromatic N) is 2. The van der Waals surface area contributed by atoms with Gasteiger partial charge in [-0.25, -0.2) is 9.97 Å². The molecule has 0 saturated carbocycles. The standard InChI is InChI=1S/C14H23N3OS2/c1-10-11(2)20-13(9-19-10)14-16-5-4-12(17-14)8-15-6-7-18-3/h4-5,10-11,13,15H,6-9H2,1-3H3. The molecular formula is C14H23N3OS2.